The lowest BCUT2D eigenvalue weighted by molar-refractivity contribution is 0.607. The summed E-state index contributed by atoms with van der Waals surface area (Å²) in [5.41, 5.74) is 3.34. The molecule has 92 valence electrons. The zero-order valence-corrected chi connectivity index (χ0v) is 11.0. The van der Waals surface area contributed by atoms with Gasteiger partial charge in [-0.15, -0.1) is 0 Å². The van der Waals surface area contributed by atoms with Crippen molar-refractivity contribution in [3.8, 4) is 0 Å². The third kappa shape index (κ3) is 1.63. The Kier molecular flexibility index (Phi) is 2.31. The quantitative estimate of drug-likeness (QED) is 0.582. The second-order valence-corrected chi connectivity index (χ2v) is 5.10. The van der Waals surface area contributed by atoms with Crippen LogP contribution in [0.3, 0.4) is 0 Å². The van der Waals surface area contributed by atoms with Gasteiger partial charge in [0.1, 0.15) is 18.6 Å². The summed E-state index contributed by atoms with van der Waals surface area (Å²) in [6, 6.07) is 6.46. The molecule has 3 aromatic heterocycles. The molecule has 19 heavy (non-hydrogen) atoms. The van der Waals surface area contributed by atoms with Crippen molar-refractivity contribution in [2.75, 3.05) is 0 Å². The molecule has 0 aliphatic carbocycles. The highest BCUT2D eigenvalue weighted by Crippen LogP contribution is 2.29. The van der Waals surface area contributed by atoms with Gasteiger partial charge in [-0.3, -0.25) is 0 Å². The number of aromatic nitrogens is 4. The molecule has 0 saturated heterocycles. The first-order valence-electron chi connectivity index (χ1n) is 6.85. The van der Waals surface area contributed by atoms with Crippen LogP contribution in [-0.4, -0.2) is 33.8 Å². The Labute approximate surface area is 113 Å². The molecule has 4 rings (SSSR count). The van der Waals surface area contributed by atoms with Gasteiger partial charge in [-0.1, -0.05) is 6.07 Å². The molecule has 1 aliphatic heterocycles. The van der Waals surface area contributed by atoms with Crippen LogP contribution in [0.4, 0.5) is 0 Å². The lowest BCUT2D eigenvalue weighted by Gasteiger charge is -2.09. The van der Waals surface area contributed by atoms with Crippen molar-refractivity contribution >= 4 is 26.1 Å². The largest absolute Gasteiger partial charge is 0.326 e. The van der Waals surface area contributed by atoms with Crippen LogP contribution in [-0.2, 0) is 6.42 Å². The first-order valence-corrected chi connectivity index (χ1v) is 6.85. The Hall–Kier alpha value is -1.97. The molecule has 1 unspecified atom stereocenters. The van der Waals surface area contributed by atoms with Crippen LogP contribution in [0.1, 0.15) is 24.0 Å². The van der Waals surface area contributed by atoms with E-state index in [9.17, 15) is 0 Å². The van der Waals surface area contributed by atoms with Gasteiger partial charge in [0.05, 0.1) is 19.5 Å². The highest BCUT2D eigenvalue weighted by Gasteiger charge is 2.26. The van der Waals surface area contributed by atoms with E-state index < -0.39 is 0 Å². The Bertz CT molecular complexity index is 713. The number of pyridine rings is 1. The van der Waals surface area contributed by atoms with Crippen LogP contribution in [0.25, 0.3) is 5.65 Å². The number of hydrogen-bond donors (Lipinski definition) is 0. The van der Waals surface area contributed by atoms with Gasteiger partial charge in [-0.25, -0.2) is 9.97 Å². The van der Waals surface area contributed by atoms with Crippen molar-refractivity contribution in [2.45, 2.75) is 18.9 Å². The van der Waals surface area contributed by atoms with E-state index in [-0.39, 0.29) is 0 Å². The smallest absolute Gasteiger partial charge is 0.145 e. The van der Waals surface area contributed by atoms with Gasteiger partial charge >= 0.3 is 0 Å². The lowest BCUT2D eigenvalue weighted by Crippen LogP contribution is -2.16. The molecule has 1 aliphatic rings. The topological polar surface area (TPSA) is 35.1 Å². The number of nitrogens with zero attached hydrogens (tertiary/aromatic N) is 4. The molecule has 0 saturated carbocycles. The molecule has 0 N–H and O–H groups in total. The number of fused-ring (bicyclic) bond motifs is 2. The fourth-order valence-corrected chi connectivity index (χ4v) is 2.92. The van der Waals surface area contributed by atoms with Crippen LogP contribution in [0.5, 0.6) is 0 Å². The molecule has 1 atom stereocenters. The predicted octanol–water partition coefficient (Wildman–Crippen LogP) is -0.324. The monoisotopic (exact) mass is 248 g/mol. The molecule has 4 heterocycles. The van der Waals surface area contributed by atoms with Crippen LogP contribution in [0.15, 0.2) is 36.8 Å². The predicted molar refractivity (Wildman–Crippen MR) is 79.2 cm³/mol. The molecule has 3 aromatic rings. The Balaban J connectivity index is 1.79. The van der Waals surface area contributed by atoms with Crippen LogP contribution < -0.4 is 5.59 Å². The zero-order chi connectivity index (χ0) is 12.8. The number of aryl methyl sites for hydroxylation is 1. The van der Waals surface area contributed by atoms with Crippen molar-refractivity contribution in [3.05, 3.63) is 48.3 Å². The number of rotatable bonds is 2. The average molecular weight is 248 g/mol. The van der Waals surface area contributed by atoms with E-state index in [0.29, 0.717) is 6.04 Å². The molecule has 0 bridgehead atoms. The molecule has 6 heteroatoms. The van der Waals surface area contributed by atoms with E-state index in [1.807, 2.05) is 24.4 Å². The van der Waals surface area contributed by atoms with Crippen molar-refractivity contribution in [1.82, 2.24) is 18.9 Å². The Morgan fingerprint density at radius 3 is 3.05 bits per heavy atom. The lowest BCUT2D eigenvalue weighted by atomic mass is 9.54. The van der Waals surface area contributed by atoms with Gasteiger partial charge < -0.3 is 8.97 Å². The summed E-state index contributed by atoms with van der Waals surface area (Å²) in [5, 5.41) is 0. The highest BCUT2D eigenvalue weighted by molar-refractivity contribution is 6.97. The van der Waals surface area contributed by atoms with Gasteiger partial charge in [-0.05, 0) is 18.6 Å². The minimum absolute atomic E-state index is 0.350. The minimum atomic E-state index is 0.350. The summed E-state index contributed by atoms with van der Waals surface area (Å²) in [4.78, 5) is 9.41. The molecule has 0 amide bonds. The Morgan fingerprint density at radius 1 is 1.26 bits per heavy atom. The van der Waals surface area contributed by atoms with E-state index in [2.05, 4.69) is 34.1 Å². The van der Waals surface area contributed by atoms with Crippen LogP contribution in [0.2, 0.25) is 0 Å². The van der Waals surface area contributed by atoms with Crippen molar-refractivity contribution < 1.29 is 0 Å². The summed E-state index contributed by atoms with van der Waals surface area (Å²) < 4.78 is 4.39. The van der Waals surface area contributed by atoms with E-state index in [4.69, 9.17) is 4.98 Å². The summed E-state index contributed by atoms with van der Waals surface area (Å²) in [6.07, 6.45) is 8.54. The fraction of sp³-hybridized carbons (Fsp3) is 0.231. The average Bonchev–Trinajstić information content (AvgIpc) is 3.10. The fourth-order valence-electron chi connectivity index (χ4n) is 2.92. The van der Waals surface area contributed by atoms with Gasteiger partial charge in [-0.2, -0.15) is 0 Å². The van der Waals surface area contributed by atoms with Gasteiger partial charge in [0.15, 0.2) is 0 Å². The summed E-state index contributed by atoms with van der Waals surface area (Å²) >= 11 is 0. The molecule has 0 spiro atoms. The van der Waals surface area contributed by atoms with Gasteiger partial charge in [0.2, 0.25) is 0 Å². The van der Waals surface area contributed by atoms with Crippen LogP contribution in [0, 0.1) is 0 Å². The van der Waals surface area contributed by atoms with Gasteiger partial charge in [0.25, 0.3) is 0 Å². The molecule has 0 fully saturated rings. The van der Waals surface area contributed by atoms with E-state index >= 15 is 0 Å². The Morgan fingerprint density at radius 2 is 2.21 bits per heavy atom. The van der Waals surface area contributed by atoms with Crippen molar-refractivity contribution in [1.29, 1.82) is 0 Å². The molecular weight excluding hydrogens is 234 g/mol. The third-order valence-corrected chi connectivity index (χ3v) is 3.92. The maximum atomic E-state index is 4.74. The second kappa shape index (κ2) is 4.02. The standard InChI is InChI=1S/C13H14B2N4/c14-15-11-8-19-10(4-5-13(19)17-11)9-7-18-6-2-1-3-12(18)16-9/h1-3,6-8,10,15H,4-5,14H2. The first-order chi connectivity index (χ1) is 9.35. The summed E-state index contributed by atoms with van der Waals surface area (Å²) in [7, 11) is 3.15. The van der Waals surface area contributed by atoms with Crippen LogP contribution >= 0.6 is 0 Å². The number of hydrogen-bond acceptors (Lipinski definition) is 2. The maximum Gasteiger partial charge on any atom is 0.145 e. The second-order valence-electron chi connectivity index (χ2n) is 5.10. The third-order valence-electron chi connectivity index (χ3n) is 3.92. The maximum absolute atomic E-state index is 4.74. The van der Waals surface area contributed by atoms with Crippen molar-refractivity contribution in [3.63, 3.8) is 0 Å². The molecule has 0 aromatic carbocycles. The normalized spacial score (nSPS) is 17.8. The minimum Gasteiger partial charge on any atom is -0.326 e. The summed E-state index contributed by atoms with van der Waals surface area (Å²) in [5.74, 6) is 1.21. The van der Waals surface area contributed by atoms with E-state index in [1.54, 1.807) is 0 Å². The summed E-state index contributed by atoms with van der Waals surface area (Å²) in [6.45, 7) is 0. The molecular formula is C13H14B2N4. The molecule has 0 radical (unpaired) electrons. The van der Waals surface area contributed by atoms with Gasteiger partial charge in [0, 0.05) is 30.6 Å². The highest BCUT2D eigenvalue weighted by atomic mass is 15.1. The zero-order valence-electron chi connectivity index (χ0n) is 11.0. The SMILES string of the molecule is BBc1cn2c(n1)CCC2c1cn2ccccc2n1. The molecule has 4 nitrogen and oxygen atoms in total. The first kappa shape index (κ1) is 10.9. The number of imidazole rings is 2. The van der Waals surface area contributed by atoms with Crippen molar-refractivity contribution in [2.24, 2.45) is 0 Å². The van der Waals surface area contributed by atoms with E-state index in [1.165, 1.54) is 11.4 Å². The van der Waals surface area contributed by atoms with E-state index in [0.717, 1.165) is 31.4 Å².